The lowest BCUT2D eigenvalue weighted by Gasteiger charge is -2.08. The van der Waals surface area contributed by atoms with Crippen LogP contribution in [0, 0.1) is 5.92 Å². The van der Waals surface area contributed by atoms with Crippen molar-refractivity contribution >= 4 is 5.78 Å². The lowest BCUT2D eigenvalue weighted by molar-refractivity contribution is 0.0978. The molecule has 1 aromatic carbocycles. The summed E-state index contributed by atoms with van der Waals surface area (Å²) < 4.78 is 5.68. The SMILES string of the molecule is CCCCCOCCCc1ccc(-c2ccc(C(=O)CCCCC(C)CC)cc2)nc1. The van der Waals surface area contributed by atoms with Gasteiger partial charge in [-0.05, 0) is 43.2 Å². The van der Waals surface area contributed by atoms with E-state index in [-0.39, 0.29) is 5.78 Å². The minimum atomic E-state index is 0.246. The lowest BCUT2D eigenvalue weighted by atomic mass is 9.98. The van der Waals surface area contributed by atoms with E-state index in [4.69, 9.17) is 4.74 Å². The van der Waals surface area contributed by atoms with E-state index in [0.717, 1.165) is 68.1 Å². The van der Waals surface area contributed by atoms with Crippen LogP contribution < -0.4 is 0 Å². The molecular weight excluding hydrogens is 382 g/mol. The van der Waals surface area contributed by atoms with Gasteiger partial charge in [0.25, 0.3) is 0 Å². The summed E-state index contributed by atoms with van der Waals surface area (Å²) >= 11 is 0. The van der Waals surface area contributed by atoms with Gasteiger partial charge in [0, 0.05) is 37.0 Å². The highest BCUT2D eigenvalue weighted by Crippen LogP contribution is 2.20. The predicted molar refractivity (Wildman–Crippen MR) is 131 cm³/mol. The van der Waals surface area contributed by atoms with E-state index in [1.165, 1.54) is 31.2 Å². The average Bonchev–Trinajstić information content (AvgIpc) is 2.81. The molecule has 3 nitrogen and oxygen atoms in total. The van der Waals surface area contributed by atoms with Gasteiger partial charge < -0.3 is 4.74 Å². The summed E-state index contributed by atoms with van der Waals surface area (Å²) in [4.78, 5) is 17.0. The Balaban J connectivity index is 1.74. The first-order valence-corrected chi connectivity index (χ1v) is 12.3. The van der Waals surface area contributed by atoms with Crippen LogP contribution >= 0.6 is 0 Å². The normalized spacial score (nSPS) is 12.1. The summed E-state index contributed by atoms with van der Waals surface area (Å²) in [6.45, 7) is 8.41. The van der Waals surface area contributed by atoms with E-state index in [1.807, 2.05) is 30.5 Å². The van der Waals surface area contributed by atoms with Gasteiger partial charge in [-0.2, -0.15) is 0 Å². The Morgan fingerprint density at radius 3 is 2.39 bits per heavy atom. The van der Waals surface area contributed by atoms with Crippen molar-refractivity contribution in [2.45, 2.75) is 85.0 Å². The fraction of sp³-hybridized carbons (Fsp3) is 0.571. The zero-order valence-corrected chi connectivity index (χ0v) is 19.9. The fourth-order valence-corrected chi connectivity index (χ4v) is 3.63. The second-order valence-corrected chi connectivity index (χ2v) is 8.73. The van der Waals surface area contributed by atoms with Crippen LogP contribution in [0.25, 0.3) is 11.3 Å². The Bertz CT molecular complexity index is 737. The van der Waals surface area contributed by atoms with Gasteiger partial charge >= 0.3 is 0 Å². The zero-order chi connectivity index (χ0) is 22.3. The fourth-order valence-electron chi connectivity index (χ4n) is 3.63. The first kappa shape index (κ1) is 25.3. The molecule has 0 aliphatic carbocycles. The number of nitrogens with zero attached hydrogens (tertiary/aromatic N) is 1. The molecule has 0 saturated carbocycles. The molecule has 0 aliphatic rings. The highest BCUT2D eigenvalue weighted by atomic mass is 16.5. The molecule has 1 heterocycles. The molecule has 0 radical (unpaired) electrons. The molecule has 2 aromatic rings. The van der Waals surface area contributed by atoms with Gasteiger partial charge in [-0.3, -0.25) is 9.78 Å². The number of carbonyl (C=O) groups excluding carboxylic acids is 1. The van der Waals surface area contributed by atoms with Gasteiger partial charge in [0.05, 0.1) is 5.69 Å². The maximum Gasteiger partial charge on any atom is 0.162 e. The molecular formula is C28H41NO2. The van der Waals surface area contributed by atoms with Crippen LogP contribution in [0.2, 0.25) is 0 Å². The van der Waals surface area contributed by atoms with Gasteiger partial charge in [-0.1, -0.05) is 83.2 Å². The van der Waals surface area contributed by atoms with E-state index in [1.54, 1.807) is 0 Å². The van der Waals surface area contributed by atoms with Crippen LogP contribution in [0.5, 0.6) is 0 Å². The molecule has 2 rings (SSSR count). The Morgan fingerprint density at radius 2 is 1.71 bits per heavy atom. The highest BCUT2D eigenvalue weighted by molar-refractivity contribution is 5.96. The first-order valence-electron chi connectivity index (χ1n) is 12.3. The summed E-state index contributed by atoms with van der Waals surface area (Å²) in [5, 5.41) is 0. The van der Waals surface area contributed by atoms with Gasteiger partial charge in [0.1, 0.15) is 0 Å². The Hall–Kier alpha value is -2.00. The molecule has 0 saturated heterocycles. The largest absolute Gasteiger partial charge is 0.381 e. The molecule has 31 heavy (non-hydrogen) atoms. The van der Waals surface area contributed by atoms with Crippen molar-refractivity contribution in [2.75, 3.05) is 13.2 Å². The molecule has 0 aliphatic heterocycles. The van der Waals surface area contributed by atoms with E-state index >= 15 is 0 Å². The monoisotopic (exact) mass is 423 g/mol. The average molecular weight is 424 g/mol. The molecule has 170 valence electrons. The molecule has 0 fully saturated rings. The van der Waals surface area contributed by atoms with Crippen LogP contribution in [0.4, 0.5) is 0 Å². The van der Waals surface area contributed by atoms with Crippen LogP contribution in [0.15, 0.2) is 42.6 Å². The van der Waals surface area contributed by atoms with Crippen molar-refractivity contribution in [3.63, 3.8) is 0 Å². The van der Waals surface area contributed by atoms with Gasteiger partial charge in [0.2, 0.25) is 0 Å². The maximum atomic E-state index is 12.4. The van der Waals surface area contributed by atoms with Crippen LogP contribution in [-0.2, 0) is 11.2 Å². The first-order chi connectivity index (χ1) is 15.1. The summed E-state index contributed by atoms with van der Waals surface area (Å²) in [7, 11) is 0. The predicted octanol–water partition coefficient (Wildman–Crippen LogP) is 7.68. The number of aromatic nitrogens is 1. The molecule has 0 bridgehead atoms. The molecule has 1 atom stereocenters. The molecule has 0 amide bonds. The molecule has 0 spiro atoms. The number of pyridine rings is 1. The van der Waals surface area contributed by atoms with Gasteiger partial charge in [0.15, 0.2) is 5.78 Å². The minimum Gasteiger partial charge on any atom is -0.381 e. The summed E-state index contributed by atoms with van der Waals surface area (Å²) in [5.41, 5.74) is 4.05. The second kappa shape index (κ2) is 14.9. The Morgan fingerprint density at radius 1 is 0.935 bits per heavy atom. The van der Waals surface area contributed by atoms with Crippen molar-refractivity contribution < 1.29 is 9.53 Å². The number of ketones is 1. The number of hydrogen-bond acceptors (Lipinski definition) is 3. The number of carbonyl (C=O) groups is 1. The number of hydrogen-bond donors (Lipinski definition) is 0. The lowest BCUT2D eigenvalue weighted by Crippen LogP contribution is -2.00. The number of benzene rings is 1. The summed E-state index contributed by atoms with van der Waals surface area (Å²) in [6.07, 6.45) is 12.8. The van der Waals surface area contributed by atoms with Crippen LogP contribution in [0.1, 0.15) is 94.5 Å². The van der Waals surface area contributed by atoms with E-state index in [0.29, 0.717) is 6.42 Å². The Kier molecular flexibility index (Phi) is 12.2. The number of ether oxygens (including phenoxy) is 1. The van der Waals surface area contributed by atoms with Crippen LogP contribution in [-0.4, -0.2) is 24.0 Å². The highest BCUT2D eigenvalue weighted by Gasteiger charge is 2.08. The smallest absolute Gasteiger partial charge is 0.162 e. The topological polar surface area (TPSA) is 39.2 Å². The molecule has 0 N–H and O–H groups in total. The van der Waals surface area contributed by atoms with Gasteiger partial charge in [-0.15, -0.1) is 0 Å². The summed E-state index contributed by atoms with van der Waals surface area (Å²) in [6, 6.07) is 12.1. The zero-order valence-electron chi connectivity index (χ0n) is 19.9. The van der Waals surface area contributed by atoms with Crippen molar-refractivity contribution in [2.24, 2.45) is 5.92 Å². The standard InChI is InChI=1S/C28H41NO2/c1-4-6-9-20-31-21-10-12-24-14-19-27(29-22-24)25-15-17-26(18-16-25)28(30)13-8-7-11-23(3)5-2/h14-19,22-23H,4-13,20-21H2,1-3H3. The number of rotatable bonds is 16. The van der Waals surface area contributed by atoms with Crippen molar-refractivity contribution in [1.82, 2.24) is 4.98 Å². The molecule has 1 unspecified atom stereocenters. The minimum absolute atomic E-state index is 0.246. The third-order valence-corrected chi connectivity index (χ3v) is 6.02. The van der Waals surface area contributed by atoms with Crippen molar-refractivity contribution in [1.29, 1.82) is 0 Å². The van der Waals surface area contributed by atoms with Crippen LogP contribution in [0.3, 0.4) is 0 Å². The van der Waals surface area contributed by atoms with E-state index in [9.17, 15) is 4.79 Å². The van der Waals surface area contributed by atoms with E-state index in [2.05, 4.69) is 37.9 Å². The van der Waals surface area contributed by atoms with E-state index < -0.39 is 0 Å². The second-order valence-electron chi connectivity index (χ2n) is 8.73. The third-order valence-electron chi connectivity index (χ3n) is 6.02. The van der Waals surface area contributed by atoms with Crippen molar-refractivity contribution in [3.05, 3.63) is 53.7 Å². The molecule has 3 heteroatoms. The maximum absolute atomic E-state index is 12.4. The third kappa shape index (κ3) is 9.78. The number of aryl methyl sites for hydroxylation is 1. The van der Waals surface area contributed by atoms with Gasteiger partial charge in [-0.25, -0.2) is 0 Å². The quantitative estimate of drug-likeness (QED) is 0.205. The Labute approximate surface area is 189 Å². The number of unbranched alkanes of at least 4 members (excludes halogenated alkanes) is 3. The van der Waals surface area contributed by atoms with Crippen molar-refractivity contribution in [3.8, 4) is 11.3 Å². The number of Topliss-reactive ketones (excluding diaryl/α,β-unsaturated/α-hetero) is 1. The summed E-state index contributed by atoms with van der Waals surface area (Å²) in [5.74, 6) is 1.01. The molecule has 1 aromatic heterocycles.